The second-order valence-corrected chi connectivity index (χ2v) is 7.47. The van der Waals surface area contributed by atoms with Crippen LogP contribution in [-0.2, 0) is 29.7 Å². The zero-order chi connectivity index (χ0) is 23.1. The quantitative estimate of drug-likeness (QED) is 0.393. The predicted molar refractivity (Wildman–Crippen MR) is 119 cm³/mol. The zero-order valence-electron chi connectivity index (χ0n) is 17.5. The molecule has 1 N–H and O–H groups in total. The van der Waals surface area contributed by atoms with Gasteiger partial charge in [0.15, 0.2) is 12.4 Å². The molecule has 0 saturated heterocycles. The average Bonchev–Trinajstić information content (AvgIpc) is 3.25. The molecule has 0 spiro atoms. The van der Waals surface area contributed by atoms with Crippen molar-refractivity contribution >= 4 is 33.6 Å². The minimum atomic E-state index is -0.595. The van der Waals surface area contributed by atoms with Crippen molar-refractivity contribution in [3.05, 3.63) is 85.5 Å². The summed E-state index contributed by atoms with van der Waals surface area (Å²) in [6, 6.07) is 13.7. The lowest BCUT2D eigenvalue weighted by molar-refractivity contribution is -0.145. The Bertz CT molecular complexity index is 1730. The molecule has 5 rings (SSSR count). The summed E-state index contributed by atoms with van der Waals surface area (Å²) in [5.41, 5.74) is -0.225. The molecule has 0 unspecified atom stereocenters. The van der Waals surface area contributed by atoms with Gasteiger partial charge in [-0.3, -0.25) is 32.9 Å². The van der Waals surface area contributed by atoms with Crippen LogP contribution < -0.4 is 16.8 Å². The zero-order valence-corrected chi connectivity index (χ0v) is 17.5. The minimum Gasteiger partial charge on any atom is -0.457 e. The van der Waals surface area contributed by atoms with Crippen molar-refractivity contribution in [1.29, 1.82) is 0 Å². The fraction of sp³-hybridized carbons (Fsp3) is 0.182. The van der Waals surface area contributed by atoms with Gasteiger partial charge in [0.25, 0.3) is 11.1 Å². The van der Waals surface area contributed by atoms with Gasteiger partial charge in [-0.2, -0.15) is 0 Å². The van der Waals surface area contributed by atoms with Gasteiger partial charge in [0.05, 0.1) is 28.2 Å². The van der Waals surface area contributed by atoms with Crippen LogP contribution in [0.2, 0.25) is 0 Å². The molecular formula is C22H18N6O5. The fourth-order valence-corrected chi connectivity index (χ4v) is 3.87. The summed E-state index contributed by atoms with van der Waals surface area (Å²) in [6.07, 6.45) is -0.0914. The Morgan fingerprint density at radius 3 is 2.45 bits per heavy atom. The third kappa shape index (κ3) is 3.39. The van der Waals surface area contributed by atoms with E-state index in [0.29, 0.717) is 33.4 Å². The van der Waals surface area contributed by atoms with Crippen molar-refractivity contribution in [2.24, 2.45) is 7.05 Å². The number of rotatable bonds is 5. The van der Waals surface area contributed by atoms with Gasteiger partial charge in [0.2, 0.25) is 5.78 Å². The van der Waals surface area contributed by atoms with Gasteiger partial charge in [-0.15, -0.1) is 10.2 Å². The minimum absolute atomic E-state index is 0.0347. The van der Waals surface area contributed by atoms with Gasteiger partial charge < -0.3 is 4.74 Å². The Morgan fingerprint density at radius 1 is 0.970 bits per heavy atom. The second kappa shape index (κ2) is 7.86. The largest absolute Gasteiger partial charge is 0.457 e. The number of hydrogen-bond donors (Lipinski definition) is 1. The third-order valence-electron chi connectivity index (χ3n) is 5.50. The van der Waals surface area contributed by atoms with Crippen LogP contribution in [0.15, 0.2) is 62.9 Å². The number of hydrogen-bond acceptors (Lipinski definition) is 7. The van der Waals surface area contributed by atoms with E-state index >= 15 is 0 Å². The number of benzene rings is 2. The van der Waals surface area contributed by atoms with Crippen LogP contribution in [-0.4, -0.2) is 34.7 Å². The number of H-pyrrole nitrogens is 1. The van der Waals surface area contributed by atoms with Gasteiger partial charge in [-0.25, -0.2) is 4.79 Å². The van der Waals surface area contributed by atoms with Gasteiger partial charge in [0.1, 0.15) is 0 Å². The Kier molecular flexibility index (Phi) is 4.85. The van der Waals surface area contributed by atoms with E-state index in [2.05, 4.69) is 15.2 Å². The molecule has 3 heterocycles. The smallest absolute Gasteiger partial charge is 0.328 e. The van der Waals surface area contributed by atoms with Gasteiger partial charge in [-0.05, 0) is 24.3 Å². The number of carbonyl (C=O) groups is 1. The van der Waals surface area contributed by atoms with Crippen molar-refractivity contribution in [2.75, 3.05) is 0 Å². The van der Waals surface area contributed by atoms with E-state index in [1.54, 1.807) is 60.0 Å². The van der Waals surface area contributed by atoms with E-state index in [1.165, 1.54) is 9.13 Å². The summed E-state index contributed by atoms with van der Waals surface area (Å²) in [4.78, 5) is 51.4. The van der Waals surface area contributed by atoms with E-state index in [-0.39, 0.29) is 25.1 Å². The molecule has 11 heteroatoms. The number of aromatic amines is 1. The first-order chi connectivity index (χ1) is 16.0. The summed E-state index contributed by atoms with van der Waals surface area (Å²) < 4.78 is 9.75. The molecule has 0 radical (unpaired) electrons. The van der Waals surface area contributed by atoms with E-state index < -0.39 is 17.2 Å². The normalized spacial score (nSPS) is 11.4. The molecule has 5 aromatic rings. The highest BCUT2D eigenvalue weighted by atomic mass is 16.5. The van der Waals surface area contributed by atoms with Crippen LogP contribution in [0.1, 0.15) is 12.2 Å². The van der Waals surface area contributed by atoms with Crippen LogP contribution in [0.4, 0.5) is 0 Å². The molecule has 166 valence electrons. The molecule has 33 heavy (non-hydrogen) atoms. The standard InChI is InChI=1S/C22H18N6O5/c1-26-20(31)14-7-3-5-9-16(14)28-17(24-25-21(26)28)12-33-18(29)10-11-27-15-8-4-2-6-13(15)19(30)23-22(27)32/h2-9H,10-12H2,1H3,(H,23,30,32). The summed E-state index contributed by atoms with van der Waals surface area (Å²) in [5.74, 6) is 0.135. The molecule has 0 atom stereocenters. The molecular weight excluding hydrogens is 428 g/mol. The maximum atomic E-state index is 12.5. The lowest BCUT2D eigenvalue weighted by atomic mass is 10.2. The Hall–Kier alpha value is -4.54. The predicted octanol–water partition coefficient (Wildman–Crippen LogP) is 0.718. The molecule has 3 aromatic heterocycles. The van der Waals surface area contributed by atoms with E-state index in [4.69, 9.17) is 4.74 Å². The van der Waals surface area contributed by atoms with Crippen LogP contribution in [0, 0.1) is 0 Å². The number of carbonyl (C=O) groups excluding carboxylic acids is 1. The molecule has 11 nitrogen and oxygen atoms in total. The molecule has 0 fully saturated rings. The number of para-hydroxylation sites is 2. The first-order valence-electron chi connectivity index (χ1n) is 10.1. The summed E-state index contributed by atoms with van der Waals surface area (Å²) >= 11 is 0. The van der Waals surface area contributed by atoms with Gasteiger partial charge in [0, 0.05) is 13.6 Å². The number of nitrogens with one attached hydrogen (secondary N) is 1. The highest BCUT2D eigenvalue weighted by Crippen LogP contribution is 2.14. The first kappa shape index (κ1) is 20.4. The molecule has 2 aromatic carbocycles. The SMILES string of the molecule is Cn1c(=O)c2ccccc2n2c(COC(=O)CCn3c(=O)[nH]c(=O)c4ccccc43)nnc12. The van der Waals surface area contributed by atoms with Crippen molar-refractivity contribution in [3.63, 3.8) is 0 Å². The molecule has 0 aliphatic carbocycles. The first-order valence-corrected chi connectivity index (χ1v) is 10.1. The average molecular weight is 446 g/mol. The third-order valence-corrected chi connectivity index (χ3v) is 5.50. The Labute approximate surface area is 184 Å². The van der Waals surface area contributed by atoms with Crippen molar-refractivity contribution < 1.29 is 9.53 Å². The molecule has 0 amide bonds. The number of ether oxygens (including phenoxy) is 1. The second-order valence-electron chi connectivity index (χ2n) is 7.47. The van der Waals surface area contributed by atoms with Crippen molar-refractivity contribution in [1.82, 2.24) is 28.7 Å². The van der Waals surface area contributed by atoms with Crippen LogP contribution in [0.25, 0.3) is 27.6 Å². The summed E-state index contributed by atoms with van der Waals surface area (Å²) in [7, 11) is 1.60. The maximum absolute atomic E-state index is 12.5. The maximum Gasteiger partial charge on any atom is 0.328 e. The van der Waals surface area contributed by atoms with E-state index in [1.807, 2.05) is 0 Å². The van der Waals surface area contributed by atoms with Crippen molar-refractivity contribution in [3.8, 4) is 0 Å². The Morgan fingerprint density at radius 2 is 1.67 bits per heavy atom. The van der Waals surface area contributed by atoms with Gasteiger partial charge >= 0.3 is 11.7 Å². The van der Waals surface area contributed by atoms with Crippen molar-refractivity contribution in [2.45, 2.75) is 19.6 Å². The molecule has 0 aliphatic rings. The lowest BCUT2D eigenvalue weighted by Crippen LogP contribution is -2.31. The number of fused-ring (bicyclic) bond motifs is 4. The van der Waals surface area contributed by atoms with E-state index in [9.17, 15) is 19.2 Å². The Balaban J connectivity index is 1.38. The fourth-order valence-electron chi connectivity index (χ4n) is 3.87. The van der Waals surface area contributed by atoms with Gasteiger partial charge in [-0.1, -0.05) is 24.3 Å². The number of esters is 1. The lowest BCUT2D eigenvalue weighted by Gasteiger charge is -2.10. The van der Waals surface area contributed by atoms with Crippen LogP contribution in [0.5, 0.6) is 0 Å². The molecule has 0 bridgehead atoms. The topological polar surface area (TPSA) is 133 Å². The highest BCUT2D eigenvalue weighted by molar-refractivity contribution is 5.80. The number of nitrogens with zero attached hydrogens (tertiary/aromatic N) is 5. The summed E-state index contributed by atoms with van der Waals surface area (Å²) in [5, 5.41) is 8.99. The number of aromatic nitrogens is 6. The van der Waals surface area contributed by atoms with Crippen LogP contribution in [0.3, 0.4) is 0 Å². The molecule has 0 aliphatic heterocycles. The highest BCUT2D eigenvalue weighted by Gasteiger charge is 2.16. The number of aryl methyl sites for hydroxylation is 2. The monoisotopic (exact) mass is 446 g/mol. The van der Waals surface area contributed by atoms with Crippen LogP contribution >= 0.6 is 0 Å². The summed E-state index contributed by atoms with van der Waals surface area (Å²) in [6.45, 7) is -0.129. The molecule has 0 saturated carbocycles. The van der Waals surface area contributed by atoms with E-state index in [0.717, 1.165) is 0 Å².